The van der Waals surface area contributed by atoms with Crippen LogP contribution in [0.2, 0.25) is 0 Å². The highest BCUT2D eigenvalue weighted by molar-refractivity contribution is 5.93. The van der Waals surface area contributed by atoms with Crippen LogP contribution < -0.4 is 10.6 Å². The van der Waals surface area contributed by atoms with Gasteiger partial charge < -0.3 is 10.6 Å². The number of nitro groups is 1. The van der Waals surface area contributed by atoms with Crippen LogP contribution >= 0.6 is 0 Å². The van der Waals surface area contributed by atoms with Gasteiger partial charge in [-0.15, -0.1) is 0 Å². The van der Waals surface area contributed by atoms with E-state index in [-0.39, 0.29) is 29.9 Å². The van der Waals surface area contributed by atoms with E-state index in [1.54, 1.807) is 12.1 Å². The van der Waals surface area contributed by atoms with Gasteiger partial charge in [0.15, 0.2) is 6.54 Å². The van der Waals surface area contributed by atoms with Crippen LogP contribution in [0.1, 0.15) is 25.5 Å². The van der Waals surface area contributed by atoms with Crippen molar-refractivity contribution in [2.24, 2.45) is 5.92 Å². The number of carbonyl (C=O) groups excluding carboxylic acids is 1. The molecule has 2 aromatic carbocycles. The summed E-state index contributed by atoms with van der Waals surface area (Å²) in [6.45, 7) is 4.41. The van der Waals surface area contributed by atoms with Gasteiger partial charge in [-0.2, -0.15) is 0 Å². The molecule has 0 spiro atoms. The SMILES string of the molecule is CC(C)[C@H]([NH2+]CC(=O)Nc1ccccc1[N+](=O)[O-])c1ccccc1. The second-order valence-electron chi connectivity index (χ2n) is 5.94. The number of para-hydroxylation sites is 2. The Labute approximate surface area is 141 Å². The van der Waals surface area contributed by atoms with E-state index in [2.05, 4.69) is 19.2 Å². The third-order valence-corrected chi connectivity index (χ3v) is 3.83. The molecule has 24 heavy (non-hydrogen) atoms. The van der Waals surface area contributed by atoms with Gasteiger partial charge in [0, 0.05) is 17.5 Å². The molecule has 0 heterocycles. The Morgan fingerprint density at radius 2 is 1.75 bits per heavy atom. The Morgan fingerprint density at radius 3 is 2.38 bits per heavy atom. The van der Waals surface area contributed by atoms with Crippen molar-refractivity contribution < 1.29 is 15.0 Å². The first-order valence-electron chi connectivity index (χ1n) is 7.90. The molecular formula is C18H22N3O3+. The fourth-order valence-electron chi connectivity index (χ4n) is 2.64. The van der Waals surface area contributed by atoms with Gasteiger partial charge in [-0.3, -0.25) is 14.9 Å². The molecule has 2 rings (SSSR count). The Kier molecular flexibility index (Phi) is 6.03. The molecule has 126 valence electrons. The van der Waals surface area contributed by atoms with E-state index >= 15 is 0 Å². The summed E-state index contributed by atoms with van der Waals surface area (Å²) in [6.07, 6.45) is 0. The van der Waals surface area contributed by atoms with Crippen LogP contribution in [0.4, 0.5) is 11.4 Å². The van der Waals surface area contributed by atoms with Crippen molar-refractivity contribution in [3.8, 4) is 0 Å². The fraction of sp³-hybridized carbons (Fsp3) is 0.278. The number of benzene rings is 2. The lowest BCUT2D eigenvalue weighted by Gasteiger charge is -2.19. The van der Waals surface area contributed by atoms with Crippen molar-refractivity contribution in [3.05, 3.63) is 70.3 Å². The van der Waals surface area contributed by atoms with Crippen LogP contribution in [0.15, 0.2) is 54.6 Å². The number of amides is 1. The Balaban J connectivity index is 2.01. The van der Waals surface area contributed by atoms with Crippen LogP contribution in [0.5, 0.6) is 0 Å². The Bertz CT molecular complexity index is 702. The molecule has 0 aliphatic heterocycles. The number of quaternary nitrogens is 1. The minimum absolute atomic E-state index is 0.102. The molecule has 0 aliphatic carbocycles. The Morgan fingerprint density at radius 1 is 1.12 bits per heavy atom. The average Bonchev–Trinajstić information content (AvgIpc) is 2.56. The van der Waals surface area contributed by atoms with Crippen molar-refractivity contribution in [1.82, 2.24) is 0 Å². The zero-order valence-electron chi connectivity index (χ0n) is 13.8. The summed E-state index contributed by atoms with van der Waals surface area (Å²) in [6, 6.07) is 16.3. The summed E-state index contributed by atoms with van der Waals surface area (Å²) in [4.78, 5) is 22.7. The van der Waals surface area contributed by atoms with E-state index in [0.29, 0.717) is 5.92 Å². The molecule has 3 N–H and O–H groups in total. The molecular weight excluding hydrogens is 306 g/mol. The van der Waals surface area contributed by atoms with Gasteiger partial charge >= 0.3 is 0 Å². The summed E-state index contributed by atoms with van der Waals surface area (Å²) in [5, 5.41) is 15.6. The molecule has 0 unspecified atom stereocenters. The van der Waals surface area contributed by atoms with Crippen molar-refractivity contribution in [1.29, 1.82) is 0 Å². The second-order valence-corrected chi connectivity index (χ2v) is 5.94. The molecule has 0 saturated carbocycles. The maximum Gasteiger partial charge on any atom is 0.292 e. The highest BCUT2D eigenvalue weighted by Crippen LogP contribution is 2.23. The fourth-order valence-corrected chi connectivity index (χ4v) is 2.64. The molecule has 1 atom stereocenters. The number of nitro benzene ring substituents is 1. The first-order chi connectivity index (χ1) is 11.5. The first-order valence-corrected chi connectivity index (χ1v) is 7.90. The van der Waals surface area contributed by atoms with Gasteiger partial charge in [-0.1, -0.05) is 56.3 Å². The lowest BCUT2D eigenvalue weighted by molar-refractivity contribution is -0.692. The lowest BCUT2D eigenvalue weighted by Crippen LogP contribution is -2.88. The number of nitrogens with zero attached hydrogens (tertiary/aromatic N) is 1. The normalized spacial score (nSPS) is 12.0. The number of anilines is 1. The van der Waals surface area contributed by atoms with Crippen molar-refractivity contribution in [2.75, 3.05) is 11.9 Å². The van der Waals surface area contributed by atoms with Crippen LogP contribution in [-0.2, 0) is 4.79 Å². The van der Waals surface area contributed by atoms with E-state index < -0.39 is 4.92 Å². The molecule has 0 aromatic heterocycles. The molecule has 1 amide bonds. The zero-order chi connectivity index (χ0) is 17.5. The molecule has 6 heteroatoms. The maximum absolute atomic E-state index is 12.2. The maximum atomic E-state index is 12.2. The number of rotatable bonds is 7. The number of nitrogens with two attached hydrogens (primary N) is 1. The predicted octanol–water partition coefficient (Wildman–Crippen LogP) is 2.49. The van der Waals surface area contributed by atoms with E-state index in [1.807, 2.05) is 35.6 Å². The van der Waals surface area contributed by atoms with Crippen LogP contribution in [0.3, 0.4) is 0 Å². The lowest BCUT2D eigenvalue weighted by atomic mass is 9.96. The van der Waals surface area contributed by atoms with Crippen LogP contribution in [0, 0.1) is 16.0 Å². The van der Waals surface area contributed by atoms with Gasteiger partial charge in [0.1, 0.15) is 11.7 Å². The molecule has 0 fully saturated rings. The van der Waals surface area contributed by atoms with E-state index in [4.69, 9.17) is 0 Å². The van der Waals surface area contributed by atoms with Crippen molar-refractivity contribution in [2.45, 2.75) is 19.9 Å². The first kappa shape index (κ1) is 17.6. The summed E-state index contributed by atoms with van der Waals surface area (Å²) < 4.78 is 0. The standard InChI is InChI=1S/C18H21N3O3/c1-13(2)18(14-8-4-3-5-9-14)19-12-17(22)20-15-10-6-7-11-16(15)21(23)24/h3-11,13,18-19H,12H2,1-2H3,(H,20,22)/p+1/t18-/m0/s1. The monoisotopic (exact) mass is 328 g/mol. The van der Waals surface area contributed by atoms with Gasteiger partial charge in [0.05, 0.1) is 4.92 Å². The topological polar surface area (TPSA) is 88.8 Å². The van der Waals surface area contributed by atoms with Crippen LogP contribution in [-0.4, -0.2) is 17.4 Å². The molecule has 0 radical (unpaired) electrons. The summed E-state index contributed by atoms with van der Waals surface area (Å²) in [5.41, 5.74) is 1.28. The number of hydrogen-bond acceptors (Lipinski definition) is 3. The summed E-state index contributed by atoms with van der Waals surface area (Å²) in [7, 11) is 0. The molecule has 6 nitrogen and oxygen atoms in total. The zero-order valence-corrected chi connectivity index (χ0v) is 13.8. The number of hydrogen-bond donors (Lipinski definition) is 2. The Hall–Kier alpha value is -2.73. The second kappa shape index (κ2) is 8.21. The quantitative estimate of drug-likeness (QED) is 0.604. The van der Waals surface area contributed by atoms with E-state index in [1.165, 1.54) is 12.1 Å². The highest BCUT2D eigenvalue weighted by atomic mass is 16.6. The molecule has 0 bridgehead atoms. The minimum atomic E-state index is -0.500. The van der Waals surface area contributed by atoms with Gasteiger partial charge in [-0.25, -0.2) is 0 Å². The van der Waals surface area contributed by atoms with Gasteiger partial charge in [0.25, 0.3) is 11.6 Å². The number of carbonyl (C=O) groups is 1. The largest absolute Gasteiger partial charge is 0.332 e. The summed E-state index contributed by atoms with van der Waals surface area (Å²) in [5.74, 6) is 0.0946. The molecule has 0 saturated heterocycles. The smallest absolute Gasteiger partial charge is 0.292 e. The average molecular weight is 328 g/mol. The third kappa shape index (κ3) is 4.63. The van der Waals surface area contributed by atoms with Crippen molar-refractivity contribution >= 4 is 17.3 Å². The van der Waals surface area contributed by atoms with Gasteiger partial charge in [0.2, 0.25) is 0 Å². The predicted molar refractivity (Wildman–Crippen MR) is 92.5 cm³/mol. The highest BCUT2D eigenvalue weighted by Gasteiger charge is 2.21. The minimum Gasteiger partial charge on any atom is -0.332 e. The van der Waals surface area contributed by atoms with Gasteiger partial charge in [-0.05, 0) is 6.07 Å². The molecule has 0 aliphatic rings. The van der Waals surface area contributed by atoms with Crippen LogP contribution in [0.25, 0.3) is 0 Å². The van der Waals surface area contributed by atoms with E-state index in [0.717, 1.165) is 5.56 Å². The van der Waals surface area contributed by atoms with Crippen molar-refractivity contribution in [3.63, 3.8) is 0 Å². The number of nitrogens with one attached hydrogen (secondary N) is 1. The summed E-state index contributed by atoms with van der Waals surface area (Å²) >= 11 is 0. The molecule has 2 aromatic rings. The third-order valence-electron chi connectivity index (χ3n) is 3.83. The van der Waals surface area contributed by atoms with E-state index in [9.17, 15) is 14.9 Å².